The molecule has 0 saturated carbocycles. The molecule has 2 N–H and O–H groups in total. The van der Waals surface area contributed by atoms with Crippen molar-refractivity contribution in [1.29, 1.82) is 0 Å². The molecule has 0 amide bonds. The first kappa shape index (κ1) is 9.72. The number of hydrogen-bond acceptors (Lipinski definition) is 5. The maximum atomic E-state index is 10.4. The fraction of sp³-hybridized carbons (Fsp3) is 0.167. The summed E-state index contributed by atoms with van der Waals surface area (Å²) in [6.07, 6.45) is 1.32. The first-order chi connectivity index (χ1) is 6.15. The van der Waals surface area contributed by atoms with E-state index in [1.165, 1.54) is 12.3 Å². The Morgan fingerprint density at radius 1 is 1.77 bits per heavy atom. The number of nitrogens with two attached hydrogens (primary N) is 1. The van der Waals surface area contributed by atoms with Crippen LogP contribution in [0.25, 0.3) is 0 Å². The van der Waals surface area contributed by atoms with E-state index in [1.54, 1.807) is 0 Å². The van der Waals surface area contributed by atoms with Gasteiger partial charge < -0.3 is 10.5 Å². The highest BCUT2D eigenvalue weighted by molar-refractivity contribution is 9.09. The van der Waals surface area contributed by atoms with Gasteiger partial charge in [-0.25, -0.2) is 4.98 Å². The summed E-state index contributed by atoms with van der Waals surface area (Å²) in [5, 5.41) is 10.4. The number of hydrogen-bond donors (Lipinski definition) is 1. The zero-order valence-electron chi connectivity index (χ0n) is 6.44. The molecule has 0 aliphatic heterocycles. The lowest BCUT2D eigenvalue weighted by Crippen LogP contribution is -1.99. The quantitative estimate of drug-likeness (QED) is 0.494. The van der Waals surface area contributed by atoms with Gasteiger partial charge >= 0.3 is 5.69 Å². The number of ether oxygens (including phenoxy) is 1. The minimum absolute atomic E-state index is 0.119. The molecule has 1 rings (SSSR count). The topological polar surface area (TPSA) is 91.3 Å². The Hall–Kier alpha value is -1.37. The van der Waals surface area contributed by atoms with Crippen LogP contribution in [0, 0.1) is 10.1 Å². The maximum Gasteiger partial charge on any atom is 0.314 e. The van der Waals surface area contributed by atoms with Crippen molar-refractivity contribution < 1.29 is 9.66 Å². The summed E-state index contributed by atoms with van der Waals surface area (Å²) >= 11 is 3.02. The Labute approximate surface area is 82.0 Å². The van der Waals surface area contributed by atoms with Gasteiger partial charge in [-0.05, 0) is 15.9 Å². The first-order valence-electron chi connectivity index (χ1n) is 3.24. The molecule has 70 valence electrons. The molecule has 0 aliphatic rings. The molecule has 6 nitrogen and oxygen atoms in total. The van der Waals surface area contributed by atoms with Gasteiger partial charge in [0.25, 0.3) is 0 Å². The molecule has 13 heavy (non-hydrogen) atoms. The lowest BCUT2D eigenvalue weighted by Gasteiger charge is -2.01. The molecule has 0 spiro atoms. The van der Waals surface area contributed by atoms with Crippen LogP contribution in [0.2, 0.25) is 0 Å². The summed E-state index contributed by atoms with van der Waals surface area (Å²) in [6.45, 7) is 0. The average molecular weight is 248 g/mol. The largest absolute Gasteiger partial charge is 0.481 e. The van der Waals surface area contributed by atoms with E-state index in [-0.39, 0.29) is 17.0 Å². The predicted octanol–water partition coefficient (Wildman–Crippen LogP) is 1.30. The van der Waals surface area contributed by atoms with Gasteiger partial charge in [0.1, 0.15) is 11.3 Å². The van der Waals surface area contributed by atoms with Gasteiger partial charge in [-0.15, -0.1) is 0 Å². The summed E-state index contributed by atoms with van der Waals surface area (Å²) in [5.41, 5.74) is 5.26. The Morgan fingerprint density at radius 2 is 2.46 bits per heavy atom. The van der Waals surface area contributed by atoms with E-state index < -0.39 is 4.92 Å². The Balaban J connectivity index is 3.04. The van der Waals surface area contributed by atoms with Gasteiger partial charge in [-0.3, -0.25) is 10.1 Å². The molecule has 0 saturated heterocycles. The monoisotopic (exact) mass is 247 g/mol. The maximum absolute atomic E-state index is 10.4. The van der Waals surface area contributed by atoms with Crippen molar-refractivity contribution in [1.82, 2.24) is 4.98 Å². The van der Waals surface area contributed by atoms with E-state index in [4.69, 9.17) is 10.5 Å². The fourth-order valence-corrected chi connectivity index (χ4v) is 0.998. The molecule has 7 heteroatoms. The number of nitro groups is 1. The van der Waals surface area contributed by atoms with Crippen molar-refractivity contribution in [3.05, 3.63) is 22.4 Å². The molecule has 0 atom stereocenters. The molecule has 0 unspecified atom stereocenters. The van der Waals surface area contributed by atoms with Crippen LogP contribution < -0.4 is 10.5 Å². The van der Waals surface area contributed by atoms with Crippen LogP contribution in [0.4, 0.5) is 11.5 Å². The average Bonchev–Trinajstić information content (AvgIpc) is 2.08. The van der Waals surface area contributed by atoms with E-state index in [2.05, 4.69) is 20.9 Å². The molecule has 1 aromatic rings. The Bertz CT molecular complexity index is 331. The molecule has 1 heterocycles. The molecule has 0 bridgehead atoms. The number of halogens is 1. The highest BCUT2D eigenvalue weighted by Gasteiger charge is 2.13. The molecule has 0 fully saturated rings. The molecule has 0 aliphatic carbocycles. The SMILES string of the molecule is Nc1ncc(OCBr)cc1[N+](=O)[O-]. The van der Waals surface area contributed by atoms with E-state index in [9.17, 15) is 10.1 Å². The van der Waals surface area contributed by atoms with Gasteiger partial charge in [0.2, 0.25) is 5.82 Å². The fourth-order valence-electron chi connectivity index (χ4n) is 0.733. The number of nitrogens with zero attached hydrogens (tertiary/aromatic N) is 2. The van der Waals surface area contributed by atoms with Crippen molar-refractivity contribution in [3.8, 4) is 5.75 Å². The lowest BCUT2D eigenvalue weighted by atomic mass is 10.4. The number of alkyl halides is 1. The normalized spacial score (nSPS) is 9.62. The smallest absolute Gasteiger partial charge is 0.314 e. The van der Waals surface area contributed by atoms with Gasteiger partial charge in [-0.2, -0.15) is 0 Å². The summed E-state index contributed by atoms with van der Waals surface area (Å²) in [6, 6.07) is 1.23. The van der Waals surface area contributed by atoms with Gasteiger partial charge in [-0.1, -0.05) is 0 Å². The summed E-state index contributed by atoms with van der Waals surface area (Å²) in [4.78, 5) is 13.4. The second-order valence-electron chi connectivity index (χ2n) is 2.09. The van der Waals surface area contributed by atoms with Crippen LogP contribution in [0.15, 0.2) is 12.3 Å². The molecule has 1 aromatic heterocycles. The highest BCUT2D eigenvalue weighted by atomic mass is 79.9. The summed E-state index contributed by atoms with van der Waals surface area (Å²) in [5.74, 6) is 0.185. The molecular weight excluding hydrogens is 242 g/mol. The van der Waals surface area contributed by atoms with Crippen molar-refractivity contribution in [2.75, 3.05) is 11.2 Å². The van der Waals surface area contributed by atoms with Crippen LogP contribution in [0.5, 0.6) is 5.75 Å². The predicted molar refractivity (Wildman–Crippen MR) is 49.7 cm³/mol. The van der Waals surface area contributed by atoms with Crippen LogP contribution in [0.1, 0.15) is 0 Å². The molecule has 0 radical (unpaired) electrons. The third kappa shape index (κ3) is 2.28. The van der Waals surface area contributed by atoms with Gasteiger partial charge in [0.15, 0.2) is 0 Å². The van der Waals surface area contributed by atoms with Gasteiger partial charge in [0.05, 0.1) is 17.2 Å². The standard InChI is InChI=1S/C6H6BrN3O3/c7-3-13-4-1-5(10(11)12)6(8)9-2-4/h1-2H,3H2,(H2,8,9). The second-order valence-corrected chi connectivity index (χ2v) is 2.54. The zero-order chi connectivity index (χ0) is 9.84. The summed E-state index contributed by atoms with van der Waals surface area (Å²) < 4.78 is 4.95. The summed E-state index contributed by atoms with van der Waals surface area (Å²) in [7, 11) is 0. The first-order valence-corrected chi connectivity index (χ1v) is 4.36. The molecular formula is C6H6BrN3O3. The number of aromatic nitrogens is 1. The molecule has 0 aromatic carbocycles. The van der Waals surface area contributed by atoms with Crippen molar-refractivity contribution in [2.24, 2.45) is 0 Å². The third-order valence-corrected chi connectivity index (χ3v) is 1.52. The zero-order valence-corrected chi connectivity index (χ0v) is 8.02. The Morgan fingerprint density at radius 3 is 3.00 bits per heavy atom. The van der Waals surface area contributed by atoms with Crippen molar-refractivity contribution in [3.63, 3.8) is 0 Å². The van der Waals surface area contributed by atoms with Crippen molar-refractivity contribution >= 4 is 27.4 Å². The van der Waals surface area contributed by atoms with E-state index >= 15 is 0 Å². The van der Waals surface area contributed by atoms with Crippen LogP contribution in [-0.4, -0.2) is 15.4 Å². The van der Waals surface area contributed by atoms with Crippen LogP contribution in [-0.2, 0) is 0 Å². The lowest BCUT2D eigenvalue weighted by molar-refractivity contribution is -0.384. The number of pyridine rings is 1. The minimum atomic E-state index is -0.608. The Kier molecular flexibility index (Phi) is 3.02. The number of anilines is 1. The number of rotatable bonds is 3. The van der Waals surface area contributed by atoms with E-state index in [0.29, 0.717) is 5.75 Å². The van der Waals surface area contributed by atoms with Crippen LogP contribution in [0.3, 0.4) is 0 Å². The van der Waals surface area contributed by atoms with E-state index in [1.807, 2.05) is 0 Å². The van der Waals surface area contributed by atoms with Crippen molar-refractivity contribution in [2.45, 2.75) is 0 Å². The third-order valence-electron chi connectivity index (χ3n) is 1.29. The van der Waals surface area contributed by atoms with Crippen LogP contribution >= 0.6 is 15.9 Å². The number of nitrogen functional groups attached to an aromatic ring is 1. The van der Waals surface area contributed by atoms with Gasteiger partial charge in [0, 0.05) is 0 Å². The second kappa shape index (κ2) is 4.04. The minimum Gasteiger partial charge on any atom is -0.481 e. The van der Waals surface area contributed by atoms with E-state index in [0.717, 1.165) is 0 Å². The highest BCUT2D eigenvalue weighted by Crippen LogP contribution is 2.23.